The molecule has 6 rings (SSSR count). The topological polar surface area (TPSA) is 58.2 Å². The zero-order valence-corrected chi connectivity index (χ0v) is 17.0. The molecule has 28 heavy (non-hydrogen) atoms. The van der Waals surface area contributed by atoms with Crippen molar-refractivity contribution in [3.8, 4) is 0 Å². The lowest BCUT2D eigenvalue weighted by Gasteiger charge is -2.56. The van der Waals surface area contributed by atoms with Gasteiger partial charge in [0.15, 0.2) is 0 Å². The molecule has 4 aliphatic rings. The van der Waals surface area contributed by atoms with Crippen LogP contribution in [0.25, 0.3) is 10.1 Å². The molecule has 2 N–H and O–H groups in total. The Hall–Kier alpha value is -1.66. The van der Waals surface area contributed by atoms with Crippen LogP contribution in [0.2, 0.25) is 5.02 Å². The van der Waals surface area contributed by atoms with E-state index in [-0.39, 0.29) is 27.0 Å². The Balaban J connectivity index is 1.23. The Kier molecular flexibility index (Phi) is 4.40. The summed E-state index contributed by atoms with van der Waals surface area (Å²) in [5.74, 6) is 1.37. The molecular formula is C21H22ClFN2O2S. The molecule has 4 aliphatic carbocycles. The van der Waals surface area contributed by atoms with E-state index in [9.17, 15) is 14.0 Å². The lowest BCUT2D eigenvalue weighted by atomic mass is 9.49. The Morgan fingerprint density at radius 2 is 1.75 bits per heavy atom. The standard InChI is InChI=1S/C21H22ClFN2O2S/c22-18-15-2-1-14(23)6-16(15)28-19(18)20(27)25-24-17(26)10-21-7-11-3-12(8-21)5-13(4-11)9-21/h1-2,6,11-13H,3-5,7-10H2,(H,24,26)(H,25,27). The van der Waals surface area contributed by atoms with Crippen molar-refractivity contribution in [2.75, 3.05) is 0 Å². The van der Waals surface area contributed by atoms with Gasteiger partial charge in [0.25, 0.3) is 5.91 Å². The molecule has 4 nitrogen and oxygen atoms in total. The molecular weight excluding hydrogens is 399 g/mol. The summed E-state index contributed by atoms with van der Waals surface area (Å²) in [5, 5.41) is 0.922. The third kappa shape index (κ3) is 3.20. The summed E-state index contributed by atoms with van der Waals surface area (Å²) in [6.07, 6.45) is 7.92. The number of fused-ring (bicyclic) bond motifs is 1. The number of rotatable bonds is 3. The van der Waals surface area contributed by atoms with Gasteiger partial charge in [-0.2, -0.15) is 0 Å². The third-order valence-electron chi connectivity index (χ3n) is 6.81. The first-order chi connectivity index (χ1) is 13.4. The van der Waals surface area contributed by atoms with Gasteiger partial charge in [-0.25, -0.2) is 4.39 Å². The SMILES string of the molecule is O=C(CC12CC3CC(CC(C3)C1)C2)NNC(=O)c1sc2cc(F)ccc2c1Cl. The van der Waals surface area contributed by atoms with Crippen molar-refractivity contribution in [2.24, 2.45) is 23.2 Å². The maximum Gasteiger partial charge on any atom is 0.281 e. The van der Waals surface area contributed by atoms with Crippen LogP contribution in [0.5, 0.6) is 0 Å². The average molecular weight is 421 g/mol. The van der Waals surface area contributed by atoms with E-state index in [4.69, 9.17) is 11.6 Å². The molecule has 7 heteroatoms. The Morgan fingerprint density at radius 3 is 2.39 bits per heavy atom. The van der Waals surface area contributed by atoms with Crippen molar-refractivity contribution in [3.05, 3.63) is 33.9 Å². The van der Waals surface area contributed by atoms with Crippen LogP contribution in [-0.2, 0) is 4.79 Å². The largest absolute Gasteiger partial charge is 0.281 e. The van der Waals surface area contributed by atoms with Crippen LogP contribution in [-0.4, -0.2) is 11.8 Å². The van der Waals surface area contributed by atoms with Crippen LogP contribution in [0.15, 0.2) is 18.2 Å². The van der Waals surface area contributed by atoms with Crippen molar-refractivity contribution >= 4 is 44.8 Å². The number of carbonyl (C=O) groups is 2. The number of carbonyl (C=O) groups excluding carboxylic acids is 2. The predicted molar refractivity (Wildman–Crippen MR) is 108 cm³/mol. The second-order valence-corrected chi connectivity index (χ2v) is 10.4. The Bertz CT molecular complexity index is 937. The molecule has 0 radical (unpaired) electrons. The molecule has 4 fully saturated rings. The van der Waals surface area contributed by atoms with Gasteiger partial charge in [0.1, 0.15) is 10.7 Å². The normalized spacial score (nSPS) is 30.6. The van der Waals surface area contributed by atoms with Crippen LogP contribution < -0.4 is 10.9 Å². The van der Waals surface area contributed by atoms with E-state index in [1.807, 2.05) is 0 Å². The number of hydrazine groups is 1. The van der Waals surface area contributed by atoms with E-state index in [0.29, 0.717) is 16.5 Å². The highest BCUT2D eigenvalue weighted by atomic mass is 35.5. The third-order valence-corrected chi connectivity index (χ3v) is 8.47. The first kappa shape index (κ1) is 18.4. The van der Waals surface area contributed by atoms with Crippen molar-refractivity contribution in [3.63, 3.8) is 0 Å². The highest BCUT2D eigenvalue weighted by Gasteiger charge is 2.51. The number of amides is 2. The highest BCUT2D eigenvalue weighted by molar-refractivity contribution is 7.21. The van der Waals surface area contributed by atoms with Gasteiger partial charge >= 0.3 is 0 Å². The lowest BCUT2D eigenvalue weighted by Crippen LogP contribution is -2.50. The zero-order valence-electron chi connectivity index (χ0n) is 15.4. The van der Waals surface area contributed by atoms with Gasteiger partial charge in [-0.15, -0.1) is 11.3 Å². The van der Waals surface area contributed by atoms with Crippen LogP contribution in [0.4, 0.5) is 4.39 Å². The van der Waals surface area contributed by atoms with E-state index in [2.05, 4.69) is 10.9 Å². The molecule has 2 aromatic rings. The zero-order chi connectivity index (χ0) is 19.5. The van der Waals surface area contributed by atoms with Crippen LogP contribution in [0.1, 0.15) is 54.6 Å². The van der Waals surface area contributed by atoms with E-state index in [1.54, 1.807) is 6.07 Å². The quantitative estimate of drug-likeness (QED) is 0.682. The molecule has 148 valence electrons. The maximum atomic E-state index is 13.4. The van der Waals surface area contributed by atoms with Crippen LogP contribution in [0, 0.1) is 29.0 Å². The molecule has 1 heterocycles. The van der Waals surface area contributed by atoms with E-state index >= 15 is 0 Å². The molecule has 0 spiro atoms. The monoisotopic (exact) mass is 420 g/mol. The summed E-state index contributed by atoms with van der Waals surface area (Å²) >= 11 is 7.40. The predicted octanol–water partition coefficient (Wildman–Crippen LogP) is 5.06. The number of thiophene rings is 1. The first-order valence-electron chi connectivity index (χ1n) is 9.87. The van der Waals surface area contributed by atoms with Gasteiger partial charge in [0, 0.05) is 16.5 Å². The van der Waals surface area contributed by atoms with E-state index in [0.717, 1.165) is 48.4 Å². The molecule has 0 saturated heterocycles. The fourth-order valence-electron chi connectivity index (χ4n) is 6.26. The minimum atomic E-state index is -0.467. The van der Waals surface area contributed by atoms with Crippen LogP contribution in [0.3, 0.4) is 0 Å². The Labute approximate surface area is 171 Å². The van der Waals surface area contributed by atoms with E-state index in [1.165, 1.54) is 31.4 Å². The number of halogens is 2. The summed E-state index contributed by atoms with van der Waals surface area (Å²) < 4.78 is 14.0. The van der Waals surface area contributed by atoms with E-state index < -0.39 is 5.91 Å². The number of hydrogen-bond acceptors (Lipinski definition) is 3. The van der Waals surface area contributed by atoms with Gasteiger partial charge < -0.3 is 0 Å². The number of nitrogens with one attached hydrogen (secondary N) is 2. The molecule has 4 bridgehead atoms. The molecule has 0 atom stereocenters. The van der Waals surface area contributed by atoms with Gasteiger partial charge in [0.05, 0.1) is 5.02 Å². The molecule has 1 aromatic heterocycles. The lowest BCUT2D eigenvalue weighted by molar-refractivity contribution is -0.130. The molecule has 4 saturated carbocycles. The smallest absolute Gasteiger partial charge is 0.273 e. The van der Waals surface area contributed by atoms with Gasteiger partial charge in [-0.3, -0.25) is 20.4 Å². The number of benzene rings is 1. The van der Waals surface area contributed by atoms with Crippen molar-refractivity contribution in [2.45, 2.75) is 44.9 Å². The summed E-state index contributed by atoms with van der Waals surface area (Å²) in [5.41, 5.74) is 5.19. The second kappa shape index (κ2) is 6.70. The van der Waals surface area contributed by atoms with Gasteiger partial charge in [0.2, 0.25) is 5.91 Å². The summed E-state index contributed by atoms with van der Waals surface area (Å²) in [7, 11) is 0. The summed E-state index contributed by atoms with van der Waals surface area (Å²) in [4.78, 5) is 25.3. The van der Waals surface area contributed by atoms with Crippen molar-refractivity contribution in [1.82, 2.24) is 10.9 Å². The summed E-state index contributed by atoms with van der Waals surface area (Å²) in [6, 6.07) is 4.23. The molecule has 0 unspecified atom stereocenters. The van der Waals surface area contributed by atoms with Crippen molar-refractivity contribution in [1.29, 1.82) is 0 Å². The Morgan fingerprint density at radius 1 is 1.11 bits per heavy atom. The van der Waals surface area contributed by atoms with Gasteiger partial charge in [-0.05, 0) is 79.9 Å². The number of hydrogen-bond donors (Lipinski definition) is 2. The second-order valence-electron chi connectivity index (χ2n) is 8.98. The maximum absolute atomic E-state index is 13.4. The minimum absolute atomic E-state index is 0.121. The highest BCUT2D eigenvalue weighted by Crippen LogP contribution is 2.61. The average Bonchev–Trinajstić information content (AvgIpc) is 2.94. The van der Waals surface area contributed by atoms with Crippen molar-refractivity contribution < 1.29 is 14.0 Å². The molecule has 1 aromatic carbocycles. The van der Waals surface area contributed by atoms with Gasteiger partial charge in [-0.1, -0.05) is 11.6 Å². The molecule has 2 amide bonds. The summed E-state index contributed by atoms with van der Waals surface area (Å²) in [6.45, 7) is 0. The van der Waals surface area contributed by atoms with Crippen LogP contribution >= 0.6 is 22.9 Å². The minimum Gasteiger partial charge on any atom is -0.273 e. The first-order valence-corrected chi connectivity index (χ1v) is 11.1. The molecule has 0 aliphatic heterocycles. The fraction of sp³-hybridized carbons (Fsp3) is 0.524. The fourth-order valence-corrected chi connectivity index (χ4v) is 7.70.